The zero-order valence-electron chi connectivity index (χ0n) is 12.0. The molecule has 20 heavy (non-hydrogen) atoms. The third-order valence-corrected chi connectivity index (χ3v) is 4.13. The summed E-state index contributed by atoms with van der Waals surface area (Å²) in [5, 5.41) is 9.46. The zero-order valence-corrected chi connectivity index (χ0v) is 12.0. The fraction of sp³-hybridized carbons (Fsp3) is 0.533. The van der Waals surface area contributed by atoms with Gasteiger partial charge in [0.15, 0.2) is 0 Å². The van der Waals surface area contributed by atoms with Gasteiger partial charge >= 0.3 is 0 Å². The number of piperazine rings is 1. The van der Waals surface area contributed by atoms with Gasteiger partial charge in [-0.15, -0.1) is 0 Å². The largest absolute Gasteiger partial charge is 0.329 e. The molecule has 1 aliphatic heterocycles. The first-order valence-corrected chi connectivity index (χ1v) is 7.42. The van der Waals surface area contributed by atoms with Gasteiger partial charge in [-0.1, -0.05) is 18.2 Å². The molecule has 108 valence electrons. The van der Waals surface area contributed by atoms with Gasteiger partial charge in [0.1, 0.15) is 0 Å². The summed E-state index contributed by atoms with van der Waals surface area (Å²) in [4.78, 5) is 2.45. The van der Waals surface area contributed by atoms with E-state index in [1.54, 1.807) is 0 Å². The Morgan fingerprint density at radius 1 is 1.40 bits per heavy atom. The summed E-state index contributed by atoms with van der Waals surface area (Å²) in [5.41, 5.74) is 8.28. The molecule has 1 atom stereocenters. The molecule has 5 heteroatoms. The standard InChI is InChI=1S/C15H23N5/c1-2-20-15-6-4-3-5-13(15)14(18-20)11-19-8-7-17-10-12(19)9-16/h3-6,12,17H,2,7-11,16H2,1H3. The lowest BCUT2D eigenvalue weighted by molar-refractivity contribution is 0.156. The highest BCUT2D eigenvalue weighted by Crippen LogP contribution is 2.20. The minimum absolute atomic E-state index is 0.411. The normalized spacial score (nSPS) is 20.6. The average molecular weight is 273 g/mol. The maximum atomic E-state index is 5.88. The third-order valence-electron chi connectivity index (χ3n) is 4.13. The van der Waals surface area contributed by atoms with Gasteiger partial charge in [0.2, 0.25) is 0 Å². The van der Waals surface area contributed by atoms with E-state index in [0.717, 1.165) is 32.7 Å². The van der Waals surface area contributed by atoms with Gasteiger partial charge in [-0.3, -0.25) is 9.58 Å². The van der Waals surface area contributed by atoms with E-state index >= 15 is 0 Å². The lowest BCUT2D eigenvalue weighted by Crippen LogP contribution is -2.53. The Kier molecular flexibility index (Phi) is 4.00. The highest BCUT2D eigenvalue weighted by molar-refractivity contribution is 5.81. The van der Waals surface area contributed by atoms with Crippen LogP contribution < -0.4 is 11.1 Å². The number of aromatic nitrogens is 2. The monoisotopic (exact) mass is 273 g/mol. The lowest BCUT2D eigenvalue weighted by atomic mass is 10.1. The number of para-hydroxylation sites is 1. The van der Waals surface area contributed by atoms with Crippen LogP contribution in [0.3, 0.4) is 0 Å². The van der Waals surface area contributed by atoms with Gasteiger partial charge in [0.05, 0.1) is 11.2 Å². The fourth-order valence-electron chi connectivity index (χ4n) is 2.99. The van der Waals surface area contributed by atoms with Crippen LogP contribution in [0.25, 0.3) is 10.9 Å². The Labute approximate surface area is 119 Å². The molecular formula is C15H23N5. The van der Waals surface area contributed by atoms with Crippen molar-refractivity contribution in [3.63, 3.8) is 0 Å². The van der Waals surface area contributed by atoms with Crippen molar-refractivity contribution < 1.29 is 0 Å². The van der Waals surface area contributed by atoms with Crippen molar-refractivity contribution in [1.82, 2.24) is 20.0 Å². The van der Waals surface area contributed by atoms with Crippen molar-refractivity contribution in [2.24, 2.45) is 5.73 Å². The quantitative estimate of drug-likeness (QED) is 0.864. The number of nitrogens with zero attached hydrogens (tertiary/aromatic N) is 3. The van der Waals surface area contributed by atoms with Crippen molar-refractivity contribution in [2.75, 3.05) is 26.2 Å². The van der Waals surface area contributed by atoms with Crippen molar-refractivity contribution in [3.8, 4) is 0 Å². The molecule has 1 unspecified atom stereocenters. The molecule has 0 spiro atoms. The summed E-state index contributed by atoms with van der Waals surface area (Å²) in [7, 11) is 0. The van der Waals surface area contributed by atoms with Crippen LogP contribution in [0.5, 0.6) is 0 Å². The highest BCUT2D eigenvalue weighted by atomic mass is 15.3. The minimum Gasteiger partial charge on any atom is -0.329 e. The van der Waals surface area contributed by atoms with E-state index in [9.17, 15) is 0 Å². The predicted molar refractivity (Wildman–Crippen MR) is 81.5 cm³/mol. The highest BCUT2D eigenvalue weighted by Gasteiger charge is 2.22. The van der Waals surface area contributed by atoms with Gasteiger partial charge in [-0.2, -0.15) is 5.10 Å². The molecule has 0 radical (unpaired) electrons. The predicted octanol–water partition coefficient (Wildman–Crippen LogP) is 0.789. The van der Waals surface area contributed by atoms with Gasteiger partial charge in [0.25, 0.3) is 0 Å². The van der Waals surface area contributed by atoms with Crippen LogP contribution in [0.2, 0.25) is 0 Å². The zero-order chi connectivity index (χ0) is 13.9. The first-order valence-electron chi connectivity index (χ1n) is 7.42. The maximum Gasteiger partial charge on any atom is 0.0843 e. The molecule has 2 aromatic rings. The molecule has 1 fully saturated rings. The number of rotatable bonds is 4. The van der Waals surface area contributed by atoms with Crippen LogP contribution in [0.1, 0.15) is 12.6 Å². The molecule has 1 saturated heterocycles. The molecule has 0 amide bonds. The Bertz CT molecular complexity index is 577. The SMILES string of the molecule is CCn1nc(CN2CCNCC2CN)c2ccccc21. The van der Waals surface area contributed by atoms with Crippen molar-refractivity contribution >= 4 is 10.9 Å². The summed E-state index contributed by atoms with van der Waals surface area (Å²) in [6.45, 7) is 7.66. The van der Waals surface area contributed by atoms with Crippen LogP contribution in [0.4, 0.5) is 0 Å². The minimum atomic E-state index is 0.411. The van der Waals surface area contributed by atoms with E-state index in [0.29, 0.717) is 12.6 Å². The maximum absolute atomic E-state index is 5.88. The number of hydrogen-bond acceptors (Lipinski definition) is 4. The smallest absolute Gasteiger partial charge is 0.0843 e. The van der Waals surface area contributed by atoms with Crippen molar-refractivity contribution in [2.45, 2.75) is 26.1 Å². The molecule has 0 bridgehead atoms. The van der Waals surface area contributed by atoms with Gasteiger partial charge < -0.3 is 11.1 Å². The number of hydrogen-bond donors (Lipinski definition) is 2. The van der Waals surface area contributed by atoms with E-state index in [-0.39, 0.29) is 0 Å². The Hall–Kier alpha value is -1.43. The Morgan fingerprint density at radius 2 is 2.25 bits per heavy atom. The number of benzene rings is 1. The number of fused-ring (bicyclic) bond motifs is 1. The Morgan fingerprint density at radius 3 is 3.05 bits per heavy atom. The summed E-state index contributed by atoms with van der Waals surface area (Å²) in [5.74, 6) is 0. The van der Waals surface area contributed by atoms with E-state index < -0.39 is 0 Å². The summed E-state index contributed by atoms with van der Waals surface area (Å²) >= 11 is 0. The van der Waals surface area contributed by atoms with Crippen LogP contribution in [-0.2, 0) is 13.1 Å². The van der Waals surface area contributed by atoms with E-state index in [1.165, 1.54) is 16.6 Å². The fourth-order valence-corrected chi connectivity index (χ4v) is 2.99. The molecule has 1 aromatic heterocycles. The molecule has 1 aliphatic rings. The van der Waals surface area contributed by atoms with Crippen LogP contribution in [-0.4, -0.2) is 46.9 Å². The molecule has 0 saturated carbocycles. The van der Waals surface area contributed by atoms with Gasteiger partial charge in [0, 0.05) is 50.7 Å². The second kappa shape index (κ2) is 5.91. The first-order chi connectivity index (χ1) is 9.83. The van der Waals surface area contributed by atoms with Crippen LogP contribution in [0, 0.1) is 0 Å². The third kappa shape index (κ3) is 2.44. The van der Waals surface area contributed by atoms with Crippen molar-refractivity contribution in [1.29, 1.82) is 0 Å². The molecular weight excluding hydrogens is 250 g/mol. The molecule has 3 rings (SSSR count). The molecule has 0 aliphatic carbocycles. The second-order valence-corrected chi connectivity index (χ2v) is 5.34. The number of nitrogens with one attached hydrogen (secondary N) is 1. The van der Waals surface area contributed by atoms with Crippen molar-refractivity contribution in [3.05, 3.63) is 30.0 Å². The van der Waals surface area contributed by atoms with E-state index in [4.69, 9.17) is 10.8 Å². The number of aryl methyl sites for hydroxylation is 1. The Balaban J connectivity index is 1.90. The van der Waals surface area contributed by atoms with E-state index in [1.807, 2.05) is 0 Å². The second-order valence-electron chi connectivity index (χ2n) is 5.34. The average Bonchev–Trinajstić information content (AvgIpc) is 2.86. The summed E-state index contributed by atoms with van der Waals surface area (Å²) in [6, 6.07) is 8.89. The van der Waals surface area contributed by atoms with Gasteiger partial charge in [-0.05, 0) is 13.0 Å². The summed E-state index contributed by atoms with van der Waals surface area (Å²) in [6.07, 6.45) is 0. The molecule has 5 nitrogen and oxygen atoms in total. The van der Waals surface area contributed by atoms with Gasteiger partial charge in [-0.25, -0.2) is 0 Å². The van der Waals surface area contributed by atoms with Crippen LogP contribution >= 0.6 is 0 Å². The molecule has 3 N–H and O–H groups in total. The topological polar surface area (TPSA) is 59.1 Å². The molecule has 1 aromatic carbocycles. The molecule has 2 heterocycles. The summed E-state index contributed by atoms with van der Waals surface area (Å²) < 4.78 is 2.09. The van der Waals surface area contributed by atoms with E-state index in [2.05, 4.69) is 46.1 Å². The lowest BCUT2D eigenvalue weighted by Gasteiger charge is -2.34. The number of nitrogens with two attached hydrogens (primary N) is 1. The first kappa shape index (κ1) is 13.5. The van der Waals surface area contributed by atoms with Crippen LogP contribution in [0.15, 0.2) is 24.3 Å².